The van der Waals surface area contributed by atoms with Crippen molar-refractivity contribution in [2.45, 2.75) is 50.7 Å². The van der Waals surface area contributed by atoms with Crippen molar-refractivity contribution in [2.75, 3.05) is 19.6 Å². The lowest BCUT2D eigenvalue weighted by Crippen LogP contribution is -2.58. The van der Waals surface area contributed by atoms with Gasteiger partial charge in [-0.1, -0.05) is 6.42 Å². The van der Waals surface area contributed by atoms with Crippen LogP contribution < -0.4 is 0 Å². The van der Waals surface area contributed by atoms with Crippen LogP contribution in [0.3, 0.4) is 0 Å². The third-order valence-electron chi connectivity index (χ3n) is 5.74. The first kappa shape index (κ1) is 12.2. The Bertz CT molecular complexity index is 409. The third-order valence-corrected chi connectivity index (χ3v) is 5.74. The number of nitrogens with zero attached hydrogens (tertiary/aromatic N) is 2. The Hall–Kier alpha value is -0.580. The molecule has 0 radical (unpaired) electrons. The van der Waals surface area contributed by atoms with Crippen LogP contribution in [0.4, 0.5) is 0 Å². The standard InChI is InChI=1S/C15H24N2O2/c18-15-11-4-3-7-17(19)14(11)10-8-12(15)13-5-1-2-6-16(13)9-10/h10,12-13,15,18-19H,1-9H2. The molecule has 4 rings (SSSR count). The molecule has 0 aromatic heterocycles. The number of rotatable bonds is 0. The van der Waals surface area contributed by atoms with Gasteiger partial charge in [0, 0.05) is 36.7 Å². The topological polar surface area (TPSA) is 46.9 Å². The summed E-state index contributed by atoms with van der Waals surface area (Å²) in [6.45, 7) is 3.00. The van der Waals surface area contributed by atoms with Crippen molar-refractivity contribution in [3.8, 4) is 0 Å². The van der Waals surface area contributed by atoms with E-state index in [0.29, 0.717) is 17.9 Å². The highest BCUT2D eigenvalue weighted by Gasteiger charge is 2.48. The Balaban J connectivity index is 1.72. The van der Waals surface area contributed by atoms with Crippen LogP contribution in [0.15, 0.2) is 11.3 Å². The molecule has 1 aliphatic carbocycles. The van der Waals surface area contributed by atoms with Crippen LogP contribution >= 0.6 is 0 Å². The second-order valence-electron chi connectivity index (χ2n) is 6.74. The second-order valence-corrected chi connectivity index (χ2v) is 6.74. The Morgan fingerprint density at radius 2 is 2.00 bits per heavy atom. The van der Waals surface area contributed by atoms with Gasteiger partial charge in [-0.05, 0) is 44.2 Å². The fourth-order valence-electron chi connectivity index (χ4n) is 4.97. The molecule has 0 saturated carbocycles. The van der Waals surface area contributed by atoms with Crippen molar-refractivity contribution in [1.29, 1.82) is 0 Å². The molecule has 0 amide bonds. The van der Waals surface area contributed by atoms with Crippen molar-refractivity contribution >= 4 is 0 Å². The minimum Gasteiger partial charge on any atom is -0.388 e. The summed E-state index contributed by atoms with van der Waals surface area (Å²) in [6, 6.07) is 0.586. The van der Waals surface area contributed by atoms with Crippen molar-refractivity contribution in [3.63, 3.8) is 0 Å². The molecule has 0 spiro atoms. The molecule has 106 valence electrons. The van der Waals surface area contributed by atoms with Crippen LogP contribution in [0.5, 0.6) is 0 Å². The highest BCUT2D eigenvalue weighted by molar-refractivity contribution is 5.28. The summed E-state index contributed by atoms with van der Waals surface area (Å²) in [5.74, 6) is 0.854. The van der Waals surface area contributed by atoms with Crippen molar-refractivity contribution in [2.24, 2.45) is 11.8 Å². The largest absolute Gasteiger partial charge is 0.388 e. The Morgan fingerprint density at radius 3 is 2.89 bits per heavy atom. The van der Waals surface area contributed by atoms with Gasteiger partial charge in [0.2, 0.25) is 0 Å². The number of aliphatic hydroxyl groups is 1. The van der Waals surface area contributed by atoms with E-state index in [1.807, 2.05) is 0 Å². The van der Waals surface area contributed by atoms with Gasteiger partial charge in [-0.25, -0.2) is 0 Å². The normalized spacial score (nSPS) is 42.9. The first-order chi connectivity index (χ1) is 9.25. The summed E-state index contributed by atoms with van der Waals surface area (Å²) in [5, 5.41) is 22.4. The van der Waals surface area contributed by atoms with Crippen LogP contribution in [-0.4, -0.2) is 52.1 Å². The van der Waals surface area contributed by atoms with Gasteiger partial charge in [-0.2, -0.15) is 0 Å². The van der Waals surface area contributed by atoms with Crippen LogP contribution in [-0.2, 0) is 0 Å². The summed E-state index contributed by atoms with van der Waals surface area (Å²) in [6.07, 6.45) is 6.56. The summed E-state index contributed by atoms with van der Waals surface area (Å²) in [5.41, 5.74) is 2.22. The van der Waals surface area contributed by atoms with E-state index in [4.69, 9.17) is 0 Å². The maximum absolute atomic E-state index is 10.8. The van der Waals surface area contributed by atoms with Gasteiger partial charge in [-0.3, -0.25) is 15.2 Å². The Kier molecular flexibility index (Phi) is 2.87. The maximum Gasteiger partial charge on any atom is 0.0814 e. The summed E-state index contributed by atoms with van der Waals surface area (Å²) >= 11 is 0. The Morgan fingerprint density at radius 1 is 1.11 bits per heavy atom. The van der Waals surface area contributed by atoms with Crippen LogP contribution in [0.2, 0.25) is 0 Å². The van der Waals surface area contributed by atoms with Crippen LogP contribution in [0.25, 0.3) is 0 Å². The highest BCUT2D eigenvalue weighted by atomic mass is 16.5. The molecule has 19 heavy (non-hydrogen) atoms. The molecule has 4 aliphatic rings. The van der Waals surface area contributed by atoms with Gasteiger partial charge in [0.25, 0.3) is 0 Å². The highest BCUT2D eigenvalue weighted by Crippen LogP contribution is 2.47. The van der Waals surface area contributed by atoms with Crippen LogP contribution in [0, 0.1) is 11.8 Å². The SMILES string of the molecule is OC1C2=C(C3CC1C1CCCCN1C3)N(O)CCC2. The van der Waals surface area contributed by atoms with E-state index >= 15 is 0 Å². The fraction of sp³-hybridized carbons (Fsp3) is 0.867. The molecule has 2 bridgehead atoms. The molecule has 0 aromatic carbocycles. The molecular weight excluding hydrogens is 240 g/mol. The molecule has 2 N–H and O–H groups in total. The number of piperidine rings is 2. The van der Waals surface area contributed by atoms with Crippen molar-refractivity contribution in [1.82, 2.24) is 9.96 Å². The first-order valence-corrected chi connectivity index (χ1v) is 7.87. The zero-order valence-corrected chi connectivity index (χ0v) is 11.5. The number of hydrogen-bond donors (Lipinski definition) is 2. The minimum atomic E-state index is -0.313. The van der Waals surface area contributed by atoms with E-state index in [9.17, 15) is 10.3 Å². The first-order valence-electron chi connectivity index (χ1n) is 7.87. The van der Waals surface area contributed by atoms with E-state index in [1.165, 1.54) is 30.9 Å². The van der Waals surface area contributed by atoms with E-state index in [1.54, 1.807) is 0 Å². The number of aliphatic hydroxyl groups excluding tert-OH is 1. The molecule has 4 atom stereocenters. The second kappa shape index (κ2) is 4.47. The minimum absolute atomic E-state index is 0.313. The molecule has 4 nitrogen and oxygen atoms in total. The molecule has 3 heterocycles. The van der Waals surface area contributed by atoms with Gasteiger partial charge in [0.15, 0.2) is 0 Å². The quantitative estimate of drug-likeness (QED) is 0.697. The third kappa shape index (κ3) is 1.77. The average Bonchev–Trinajstić information content (AvgIpc) is 2.44. The fourth-order valence-corrected chi connectivity index (χ4v) is 4.97. The van der Waals surface area contributed by atoms with E-state index in [0.717, 1.165) is 43.6 Å². The van der Waals surface area contributed by atoms with Gasteiger partial charge < -0.3 is 5.11 Å². The average molecular weight is 264 g/mol. The summed E-state index contributed by atoms with van der Waals surface area (Å²) in [7, 11) is 0. The van der Waals surface area contributed by atoms with E-state index in [2.05, 4.69) is 4.90 Å². The predicted molar refractivity (Wildman–Crippen MR) is 71.6 cm³/mol. The molecule has 0 aromatic rings. The van der Waals surface area contributed by atoms with Gasteiger partial charge in [0.1, 0.15) is 0 Å². The lowest BCUT2D eigenvalue weighted by molar-refractivity contribution is -0.106. The monoisotopic (exact) mass is 264 g/mol. The van der Waals surface area contributed by atoms with E-state index < -0.39 is 0 Å². The summed E-state index contributed by atoms with van der Waals surface area (Å²) in [4.78, 5) is 2.58. The van der Waals surface area contributed by atoms with E-state index in [-0.39, 0.29) is 6.10 Å². The molecule has 4 heteroatoms. The lowest BCUT2D eigenvalue weighted by Gasteiger charge is -2.54. The molecule has 2 saturated heterocycles. The molecule has 3 aliphatic heterocycles. The van der Waals surface area contributed by atoms with Crippen LogP contribution in [0.1, 0.15) is 38.5 Å². The van der Waals surface area contributed by atoms with Gasteiger partial charge >= 0.3 is 0 Å². The molecular formula is C15H24N2O2. The number of fused-ring (bicyclic) bond motifs is 5. The number of hydrogen-bond acceptors (Lipinski definition) is 4. The van der Waals surface area contributed by atoms with Crippen molar-refractivity contribution in [3.05, 3.63) is 11.3 Å². The lowest BCUT2D eigenvalue weighted by atomic mass is 9.67. The molecule has 4 unspecified atom stereocenters. The molecule has 2 fully saturated rings. The smallest absolute Gasteiger partial charge is 0.0814 e. The number of hydroxylamine groups is 2. The van der Waals surface area contributed by atoms with Gasteiger partial charge in [-0.15, -0.1) is 0 Å². The van der Waals surface area contributed by atoms with Gasteiger partial charge in [0.05, 0.1) is 6.10 Å². The Labute approximate surface area is 114 Å². The zero-order chi connectivity index (χ0) is 13.0. The predicted octanol–water partition coefficient (Wildman–Crippen LogP) is 1.59. The summed E-state index contributed by atoms with van der Waals surface area (Å²) < 4.78 is 0. The maximum atomic E-state index is 10.8. The van der Waals surface area contributed by atoms with Crippen molar-refractivity contribution < 1.29 is 10.3 Å². The zero-order valence-electron chi connectivity index (χ0n) is 11.5.